The van der Waals surface area contributed by atoms with Crippen molar-refractivity contribution >= 4 is 106 Å². The number of amides is 1. The van der Waals surface area contributed by atoms with Crippen LogP contribution in [0.3, 0.4) is 0 Å². The Labute approximate surface area is 364 Å². The van der Waals surface area contributed by atoms with Crippen LogP contribution in [-0.2, 0) is 39.2 Å². The number of benzene rings is 4. The van der Waals surface area contributed by atoms with Crippen LogP contribution in [0.5, 0.6) is 11.5 Å². The monoisotopic (exact) mass is 1170 g/mol. The Morgan fingerprint density at radius 1 is 0.667 bits per heavy atom. The maximum absolute atomic E-state index is 14.0. The van der Waals surface area contributed by atoms with Gasteiger partial charge in [-0.1, -0.05) is 48.5 Å². The quantitative estimate of drug-likeness (QED) is 0.0651. The summed E-state index contributed by atoms with van der Waals surface area (Å²) in [6.45, 7) is -0.794. The smallest absolute Gasteiger partial charge is 0.490 e. The molecule has 57 heavy (non-hydrogen) atoms. The molecule has 0 aliphatic heterocycles. The van der Waals surface area contributed by atoms with E-state index in [9.17, 15) is 48.9 Å². The van der Waals surface area contributed by atoms with Crippen LogP contribution in [0.4, 0.5) is 13.2 Å². The SMILES string of the molecule is O=C(NS(=O)(=O)C(F)(F)F)c1ccc(OCCOC(=O)C2C3c4ccccc4C(c4ccccc43)C2C(=O)OCCOc2cc(I)c(S(=O)(=O)O)c(I)c2)c(I)c1. The van der Waals surface area contributed by atoms with Gasteiger partial charge in [-0.2, -0.15) is 30.0 Å². The molecular formula is C36H27F3I3NO12S2. The zero-order chi connectivity index (χ0) is 41.4. The van der Waals surface area contributed by atoms with Crippen molar-refractivity contribution in [3.63, 3.8) is 0 Å². The van der Waals surface area contributed by atoms with E-state index in [1.54, 1.807) is 67.8 Å². The second-order valence-electron chi connectivity index (χ2n) is 12.5. The van der Waals surface area contributed by atoms with Gasteiger partial charge in [0.1, 0.15) is 42.8 Å². The molecule has 302 valence electrons. The molecule has 0 aromatic heterocycles. The van der Waals surface area contributed by atoms with E-state index in [1.165, 1.54) is 18.2 Å². The van der Waals surface area contributed by atoms with Crippen molar-refractivity contribution in [3.8, 4) is 11.5 Å². The fourth-order valence-electron chi connectivity index (χ4n) is 6.90. The van der Waals surface area contributed by atoms with E-state index in [0.717, 1.165) is 39.1 Å². The average Bonchev–Trinajstić information content (AvgIpc) is 3.13. The molecular weight excluding hydrogens is 1140 g/mol. The van der Waals surface area contributed by atoms with Crippen molar-refractivity contribution in [3.05, 3.63) is 117 Å². The number of hydrogen-bond acceptors (Lipinski definition) is 11. The van der Waals surface area contributed by atoms with Gasteiger partial charge in [0.25, 0.3) is 16.0 Å². The van der Waals surface area contributed by atoms with Gasteiger partial charge in [0.2, 0.25) is 0 Å². The third-order valence-corrected chi connectivity index (χ3v) is 14.4. The summed E-state index contributed by atoms with van der Waals surface area (Å²) in [6, 6.07) is 21.3. The number of fused-ring (bicyclic) bond motifs is 1. The minimum Gasteiger partial charge on any atom is -0.490 e. The number of rotatable bonds is 13. The standard InChI is InChI=1S/C36H27F3I3NO12S2/c37-36(38,39)57(50,51)43-33(44)18-9-10-27(24(40)15-18)53-12-14-55-35(46)31-29-22-7-3-1-5-20(22)28(21-6-2-4-8-23(21)29)30(31)34(45)54-13-11-52-19-16-25(41)32(26(42)17-19)56(47,48)49/h1-10,15-17,28-31H,11-14H2,(H,43,44)(H,47,48,49). The number of esters is 2. The third kappa shape index (κ3) is 9.16. The first-order valence-corrected chi connectivity index (χ1v) is 22.6. The normalized spacial score (nSPS) is 18.5. The summed E-state index contributed by atoms with van der Waals surface area (Å²) in [4.78, 5) is 40.0. The molecule has 4 aromatic carbocycles. The van der Waals surface area contributed by atoms with Gasteiger partial charge in [-0.3, -0.25) is 18.9 Å². The van der Waals surface area contributed by atoms with Gasteiger partial charge in [-0.05, 0) is 120 Å². The van der Waals surface area contributed by atoms with Crippen LogP contribution in [0, 0.1) is 22.5 Å². The first-order chi connectivity index (χ1) is 26.8. The molecule has 0 saturated heterocycles. The predicted molar refractivity (Wildman–Crippen MR) is 220 cm³/mol. The topological polar surface area (TPSA) is 189 Å². The maximum Gasteiger partial charge on any atom is 0.516 e. The number of hydrogen-bond donors (Lipinski definition) is 2. The summed E-state index contributed by atoms with van der Waals surface area (Å²) in [5.74, 6) is -5.50. The van der Waals surface area contributed by atoms with Gasteiger partial charge in [-0.15, -0.1) is 0 Å². The number of ether oxygens (including phenoxy) is 4. The zero-order valence-corrected chi connectivity index (χ0v) is 36.8. The molecule has 2 bridgehead atoms. The highest BCUT2D eigenvalue weighted by Gasteiger charge is 2.56. The molecule has 7 rings (SSSR count). The first-order valence-electron chi connectivity index (χ1n) is 16.5. The van der Waals surface area contributed by atoms with Gasteiger partial charge in [0.05, 0.1) is 15.4 Å². The van der Waals surface area contributed by atoms with E-state index >= 15 is 0 Å². The highest BCUT2D eigenvalue weighted by atomic mass is 127. The van der Waals surface area contributed by atoms with E-state index in [2.05, 4.69) is 0 Å². The molecule has 0 saturated carbocycles. The third-order valence-electron chi connectivity index (χ3n) is 9.12. The Balaban J connectivity index is 1.15. The molecule has 13 nitrogen and oxygen atoms in total. The summed E-state index contributed by atoms with van der Waals surface area (Å²) < 4.78 is 118. The van der Waals surface area contributed by atoms with Crippen LogP contribution in [0.2, 0.25) is 0 Å². The molecule has 0 spiro atoms. The van der Waals surface area contributed by atoms with E-state index in [1.807, 2.05) is 48.5 Å². The van der Waals surface area contributed by atoms with Crippen LogP contribution in [0.15, 0.2) is 83.8 Å². The fourth-order valence-corrected chi connectivity index (χ4v) is 12.0. The molecule has 3 aliphatic carbocycles. The summed E-state index contributed by atoms with van der Waals surface area (Å²) in [5.41, 5.74) is -2.57. The largest absolute Gasteiger partial charge is 0.516 e. The minimum absolute atomic E-state index is 0.110. The molecule has 2 atom stereocenters. The highest BCUT2D eigenvalue weighted by Crippen LogP contribution is 2.58. The summed E-state index contributed by atoms with van der Waals surface area (Å²) in [7, 11) is -10.4. The lowest BCUT2D eigenvalue weighted by atomic mass is 9.54. The lowest BCUT2D eigenvalue weighted by molar-refractivity contribution is -0.164. The van der Waals surface area contributed by atoms with Crippen molar-refractivity contribution in [2.75, 3.05) is 26.4 Å². The predicted octanol–water partition coefficient (Wildman–Crippen LogP) is 6.39. The average molecular weight is 1170 g/mol. The van der Waals surface area contributed by atoms with Crippen LogP contribution < -0.4 is 14.2 Å². The molecule has 21 heteroatoms. The maximum atomic E-state index is 14.0. The Morgan fingerprint density at radius 2 is 1.12 bits per heavy atom. The van der Waals surface area contributed by atoms with Gasteiger partial charge >= 0.3 is 27.5 Å². The summed E-state index contributed by atoms with van der Waals surface area (Å²) in [5, 5.41) is 0. The molecule has 0 fully saturated rings. The van der Waals surface area contributed by atoms with Gasteiger partial charge in [-0.25, -0.2) is 4.72 Å². The Kier molecular flexibility index (Phi) is 13.0. The Hall–Kier alpha value is -3.27. The minimum atomic E-state index is -5.91. The first kappa shape index (κ1) is 43.3. The zero-order valence-electron chi connectivity index (χ0n) is 28.7. The van der Waals surface area contributed by atoms with E-state index in [0.29, 0.717) is 0 Å². The number of halogens is 6. The molecule has 0 radical (unpaired) electrons. The molecule has 4 aromatic rings. The summed E-state index contributed by atoms with van der Waals surface area (Å²) >= 11 is 5.27. The molecule has 2 unspecified atom stereocenters. The molecule has 2 N–H and O–H groups in total. The lowest BCUT2D eigenvalue weighted by Crippen LogP contribution is -2.48. The van der Waals surface area contributed by atoms with Crippen molar-refractivity contribution in [2.45, 2.75) is 22.2 Å². The Bertz CT molecular complexity index is 2410. The van der Waals surface area contributed by atoms with E-state index < -0.39 is 67.2 Å². The number of nitrogens with one attached hydrogen (secondary N) is 1. The van der Waals surface area contributed by atoms with Crippen LogP contribution >= 0.6 is 67.8 Å². The number of carbonyl (C=O) groups excluding carboxylic acids is 3. The van der Waals surface area contributed by atoms with Crippen molar-refractivity contribution < 1.29 is 67.9 Å². The number of carbonyl (C=O) groups is 3. The van der Waals surface area contributed by atoms with Crippen LogP contribution in [0.25, 0.3) is 0 Å². The second kappa shape index (κ2) is 17.1. The Morgan fingerprint density at radius 3 is 1.54 bits per heavy atom. The van der Waals surface area contributed by atoms with Gasteiger partial charge < -0.3 is 18.9 Å². The van der Waals surface area contributed by atoms with Crippen LogP contribution in [0.1, 0.15) is 44.4 Å². The van der Waals surface area contributed by atoms with E-state index in [-0.39, 0.29) is 59.1 Å². The number of sulfonamides is 1. The van der Waals surface area contributed by atoms with Gasteiger partial charge in [0, 0.05) is 24.5 Å². The van der Waals surface area contributed by atoms with E-state index in [4.69, 9.17) is 18.9 Å². The fraction of sp³-hybridized carbons (Fsp3) is 0.250. The second-order valence-corrected chi connectivity index (χ2v) is 19.0. The molecule has 0 heterocycles. The van der Waals surface area contributed by atoms with Crippen molar-refractivity contribution in [2.24, 2.45) is 11.8 Å². The summed E-state index contributed by atoms with van der Waals surface area (Å²) in [6.07, 6.45) is 0. The molecule has 3 aliphatic rings. The highest BCUT2D eigenvalue weighted by molar-refractivity contribution is 14.1. The van der Waals surface area contributed by atoms with Crippen molar-refractivity contribution in [1.29, 1.82) is 0 Å². The number of alkyl halides is 3. The van der Waals surface area contributed by atoms with Crippen LogP contribution in [-0.4, -0.2) is 71.2 Å². The van der Waals surface area contributed by atoms with Crippen molar-refractivity contribution in [1.82, 2.24) is 4.72 Å². The lowest BCUT2D eigenvalue weighted by Gasteiger charge is -2.48. The van der Waals surface area contributed by atoms with Gasteiger partial charge in [0.15, 0.2) is 0 Å². The molecule has 1 amide bonds.